The SMILES string of the molecule is CCCCCCCCCCCCCCCCCCC(=O)OC[C@H](COP(=O)(O)OC[C@@H](O)COP(=O)(O)OC[C@@H](COC(=O)CCCCCCCCCCCCCC)OC(=O)CCCCCCCCCCCCCCCCC)OC(=O)CCCCCCCCCCCCCCCCC(C)CC. The van der Waals surface area contributed by atoms with Crippen molar-refractivity contribution in [3.63, 3.8) is 0 Å². The summed E-state index contributed by atoms with van der Waals surface area (Å²) in [4.78, 5) is 73.1. The van der Waals surface area contributed by atoms with Gasteiger partial charge in [-0.2, -0.15) is 0 Å². The molecule has 0 heterocycles. The van der Waals surface area contributed by atoms with Crippen molar-refractivity contribution in [2.75, 3.05) is 39.6 Å². The van der Waals surface area contributed by atoms with E-state index in [1.54, 1.807) is 0 Å². The van der Waals surface area contributed by atoms with Gasteiger partial charge in [0.25, 0.3) is 0 Å². The van der Waals surface area contributed by atoms with E-state index in [4.69, 9.17) is 37.0 Å². The van der Waals surface area contributed by atoms with Crippen molar-refractivity contribution < 1.29 is 80.2 Å². The lowest BCUT2D eigenvalue weighted by Gasteiger charge is -2.21. The van der Waals surface area contributed by atoms with Gasteiger partial charge in [-0.15, -0.1) is 0 Å². The van der Waals surface area contributed by atoms with Crippen LogP contribution in [0.5, 0.6) is 0 Å². The van der Waals surface area contributed by atoms with Crippen LogP contribution in [0, 0.1) is 5.92 Å². The molecule has 0 rings (SSSR count). The maximum Gasteiger partial charge on any atom is 0.472 e. The monoisotopic (exact) mass is 1480 g/mol. The highest BCUT2D eigenvalue weighted by Gasteiger charge is 2.30. The van der Waals surface area contributed by atoms with Gasteiger partial charge in [0.1, 0.15) is 19.3 Å². The Hall–Kier alpha value is -1.94. The molecule has 101 heavy (non-hydrogen) atoms. The van der Waals surface area contributed by atoms with Gasteiger partial charge in [0, 0.05) is 25.7 Å². The summed E-state index contributed by atoms with van der Waals surface area (Å²) in [6, 6.07) is 0. The molecule has 0 aromatic carbocycles. The van der Waals surface area contributed by atoms with Crippen LogP contribution >= 0.6 is 15.6 Å². The summed E-state index contributed by atoms with van der Waals surface area (Å²) in [7, 11) is -9.92. The summed E-state index contributed by atoms with van der Waals surface area (Å²) in [6.07, 6.45) is 66.3. The van der Waals surface area contributed by atoms with Crippen molar-refractivity contribution in [3.8, 4) is 0 Å². The molecule has 0 aliphatic carbocycles. The number of hydrogen-bond donors (Lipinski definition) is 3. The van der Waals surface area contributed by atoms with Crippen LogP contribution in [0.25, 0.3) is 0 Å². The third-order valence-corrected chi connectivity index (χ3v) is 21.5. The molecule has 600 valence electrons. The first kappa shape index (κ1) is 99.1. The Kier molecular flexibility index (Phi) is 73.5. The molecule has 0 aromatic heterocycles. The lowest BCUT2D eigenvalue weighted by atomic mass is 9.99. The minimum atomic E-state index is -4.96. The third kappa shape index (κ3) is 74.7. The second-order valence-electron chi connectivity index (χ2n) is 29.8. The summed E-state index contributed by atoms with van der Waals surface area (Å²) in [5, 5.41) is 10.7. The van der Waals surface area contributed by atoms with Crippen LogP contribution < -0.4 is 0 Å². The molecule has 0 aliphatic rings. The van der Waals surface area contributed by atoms with E-state index in [9.17, 15) is 43.2 Å². The molecule has 3 N–H and O–H groups in total. The Balaban J connectivity index is 5.26. The molecule has 6 atom stereocenters. The van der Waals surface area contributed by atoms with Gasteiger partial charge in [-0.3, -0.25) is 37.3 Å². The Morgan fingerprint density at radius 3 is 0.703 bits per heavy atom. The number of aliphatic hydroxyl groups excluding tert-OH is 1. The minimum absolute atomic E-state index is 0.109. The Labute approximate surface area is 619 Å². The van der Waals surface area contributed by atoms with Gasteiger partial charge in [-0.05, 0) is 31.6 Å². The van der Waals surface area contributed by atoms with E-state index in [2.05, 4.69) is 34.6 Å². The van der Waals surface area contributed by atoms with E-state index in [1.807, 2.05) is 0 Å². The van der Waals surface area contributed by atoms with Crippen molar-refractivity contribution in [1.82, 2.24) is 0 Å². The molecule has 0 spiro atoms. The van der Waals surface area contributed by atoms with Crippen LogP contribution in [-0.2, 0) is 65.4 Å². The largest absolute Gasteiger partial charge is 0.472 e. The Morgan fingerprint density at radius 1 is 0.277 bits per heavy atom. The molecule has 0 amide bonds. The molecular formula is C82H160O17P2. The number of ether oxygens (including phenoxy) is 4. The van der Waals surface area contributed by atoms with E-state index in [0.29, 0.717) is 25.7 Å². The molecule has 0 radical (unpaired) electrons. The van der Waals surface area contributed by atoms with Gasteiger partial charge >= 0.3 is 39.5 Å². The molecule has 17 nitrogen and oxygen atoms in total. The summed E-state index contributed by atoms with van der Waals surface area (Å²) < 4.78 is 68.8. The number of carbonyl (C=O) groups excluding carboxylic acids is 4. The van der Waals surface area contributed by atoms with Crippen molar-refractivity contribution in [3.05, 3.63) is 0 Å². The highest BCUT2D eigenvalue weighted by molar-refractivity contribution is 7.47. The number of phosphoric acid groups is 2. The third-order valence-electron chi connectivity index (χ3n) is 19.6. The van der Waals surface area contributed by atoms with Crippen molar-refractivity contribution >= 4 is 39.5 Å². The predicted molar refractivity (Wildman–Crippen MR) is 414 cm³/mol. The molecular weight excluding hydrogens is 1320 g/mol. The van der Waals surface area contributed by atoms with E-state index in [-0.39, 0.29) is 25.7 Å². The highest BCUT2D eigenvalue weighted by Crippen LogP contribution is 2.45. The number of hydrogen-bond acceptors (Lipinski definition) is 15. The first-order valence-electron chi connectivity index (χ1n) is 42.7. The second-order valence-corrected chi connectivity index (χ2v) is 32.7. The van der Waals surface area contributed by atoms with E-state index in [1.165, 1.54) is 263 Å². The van der Waals surface area contributed by atoms with Crippen LogP contribution in [0.15, 0.2) is 0 Å². The maximum atomic E-state index is 13.1. The van der Waals surface area contributed by atoms with E-state index < -0.39 is 97.5 Å². The molecule has 19 heteroatoms. The zero-order valence-corrected chi connectivity index (χ0v) is 67.8. The predicted octanol–water partition coefficient (Wildman–Crippen LogP) is 24.8. The summed E-state index contributed by atoms with van der Waals surface area (Å²) in [5.74, 6) is -1.26. The molecule has 3 unspecified atom stereocenters. The van der Waals surface area contributed by atoms with Crippen LogP contribution in [0.3, 0.4) is 0 Å². The molecule has 0 aliphatic heterocycles. The first-order chi connectivity index (χ1) is 49.1. The summed E-state index contributed by atoms with van der Waals surface area (Å²) in [5.41, 5.74) is 0. The van der Waals surface area contributed by atoms with E-state index in [0.717, 1.165) is 95.8 Å². The topological polar surface area (TPSA) is 237 Å². The summed E-state index contributed by atoms with van der Waals surface area (Å²) >= 11 is 0. The minimum Gasteiger partial charge on any atom is -0.462 e. The van der Waals surface area contributed by atoms with E-state index >= 15 is 0 Å². The van der Waals surface area contributed by atoms with Gasteiger partial charge in [-0.1, -0.05) is 388 Å². The van der Waals surface area contributed by atoms with Crippen LogP contribution in [0.2, 0.25) is 0 Å². The lowest BCUT2D eigenvalue weighted by molar-refractivity contribution is -0.161. The lowest BCUT2D eigenvalue weighted by Crippen LogP contribution is -2.30. The van der Waals surface area contributed by atoms with Crippen molar-refractivity contribution in [2.45, 2.75) is 457 Å². The average Bonchev–Trinajstić information content (AvgIpc) is 0.934. The summed E-state index contributed by atoms with van der Waals surface area (Å²) in [6.45, 7) is 7.40. The Bertz CT molecular complexity index is 1930. The molecule has 0 saturated carbocycles. The maximum absolute atomic E-state index is 13.1. The molecule has 0 saturated heterocycles. The fourth-order valence-electron chi connectivity index (χ4n) is 12.7. The van der Waals surface area contributed by atoms with Crippen LogP contribution in [-0.4, -0.2) is 96.7 Å². The van der Waals surface area contributed by atoms with Gasteiger partial charge < -0.3 is 33.8 Å². The standard InChI is InChI=1S/C82H160O17P2/c1-6-10-13-16-19-22-25-28-30-32-36-41-46-51-56-61-66-80(85)93-72-78(99-82(87)68-63-58-53-48-43-38-34-33-35-39-44-49-54-59-64-75(5)9-4)74-97-101(90,91)95-70-76(83)69-94-100(88,89)96-73-77(71-92-79(84)65-60-55-50-45-40-27-24-21-18-15-12-8-3)98-81(86)67-62-57-52-47-42-37-31-29-26-23-20-17-14-11-7-2/h75-78,83H,6-74H2,1-5H3,(H,88,89)(H,90,91)/t75?,76-,77+,78+/m0/s1. The van der Waals surface area contributed by atoms with Gasteiger partial charge in [0.05, 0.1) is 26.4 Å². The van der Waals surface area contributed by atoms with Gasteiger partial charge in [0.15, 0.2) is 12.2 Å². The second kappa shape index (κ2) is 74.9. The zero-order chi connectivity index (χ0) is 74.1. The fraction of sp³-hybridized carbons (Fsp3) is 0.951. The van der Waals surface area contributed by atoms with Crippen LogP contribution in [0.1, 0.15) is 439 Å². The average molecular weight is 1480 g/mol. The molecule has 0 aromatic rings. The molecule has 0 fully saturated rings. The van der Waals surface area contributed by atoms with Gasteiger partial charge in [-0.25, -0.2) is 9.13 Å². The number of rotatable bonds is 82. The normalized spacial score (nSPS) is 14.1. The quantitative estimate of drug-likeness (QED) is 0.0222. The van der Waals surface area contributed by atoms with Crippen LogP contribution in [0.4, 0.5) is 0 Å². The highest BCUT2D eigenvalue weighted by atomic mass is 31.2. The Morgan fingerprint density at radius 2 is 0.475 bits per heavy atom. The number of unbranched alkanes of at least 4 members (excludes halogenated alkanes) is 53. The number of esters is 4. The van der Waals surface area contributed by atoms with Crippen molar-refractivity contribution in [1.29, 1.82) is 0 Å². The molecule has 0 bridgehead atoms. The number of phosphoric ester groups is 2. The number of aliphatic hydroxyl groups is 1. The van der Waals surface area contributed by atoms with Gasteiger partial charge in [0.2, 0.25) is 0 Å². The number of carbonyl (C=O) groups is 4. The zero-order valence-electron chi connectivity index (χ0n) is 66.1. The van der Waals surface area contributed by atoms with Crippen molar-refractivity contribution in [2.24, 2.45) is 5.92 Å². The fourth-order valence-corrected chi connectivity index (χ4v) is 14.3. The smallest absolute Gasteiger partial charge is 0.462 e. The first-order valence-corrected chi connectivity index (χ1v) is 45.7.